The third-order valence-corrected chi connectivity index (χ3v) is 28.6. The Morgan fingerprint density at radius 2 is 0.725 bits per heavy atom. The highest BCUT2D eigenvalue weighted by molar-refractivity contribution is 8.00. The van der Waals surface area contributed by atoms with Crippen molar-refractivity contribution in [2.24, 2.45) is 46.8 Å². The van der Waals surface area contributed by atoms with Gasteiger partial charge in [-0.3, -0.25) is 19.2 Å². The molecule has 0 N–H and O–H groups in total. The summed E-state index contributed by atoms with van der Waals surface area (Å²) in [5.41, 5.74) is 6.20. The lowest BCUT2D eigenvalue weighted by Crippen LogP contribution is -2.37. The Balaban J connectivity index is 0.000000260. The van der Waals surface area contributed by atoms with E-state index < -0.39 is 0 Å². The van der Waals surface area contributed by atoms with E-state index in [1.807, 2.05) is 56.6 Å². The van der Waals surface area contributed by atoms with Gasteiger partial charge in [0, 0.05) is 103 Å². The number of methoxy groups -OCH3 is 4. The molecule has 0 bridgehead atoms. The second-order valence-corrected chi connectivity index (χ2v) is 39.0. The molecule has 0 aromatic rings. The molecule has 630 valence electrons. The van der Waals surface area contributed by atoms with E-state index in [-0.39, 0.29) is 78.1 Å². The van der Waals surface area contributed by atoms with Gasteiger partial charge in [0.05, 0.1) is 49.8 Å². The third kappa shape index (κ3) is 40.6. The molecular weight excluding hydrogens is 1450 g/mol. The maximum absolute atomic E-state index is 11.3. The lowest BCUT2D eigenvalue weighted by atomic mass is 9.80. The van der Waals surface area contributed by atoms with Crippen LogP contribution in [0.4, 0.5) is 0 Å². The summed E-state index contributed by atoms with van der Waals surface area (Å²) in [5, 5.41) is 1.23. The molecular formula is C89H154O16S4. The monoisotopic (exact) mass is 1610 g/mol. The van der Waals surface area contributed by atoms with Crippen molar-refractivity contribution >= 4 is 70.9 Å². The Labute approximate surface area is 680 Å². The average Bonchev–Trinajstić information content (AvgIpc) is 0.859. The minimum atomic E-state index is -0.0992. The molecule has 4 aliphatic heterocycles. The molecule has 0 amide bonds. The fourth-order valence-electron chi connectivity index (χ4n) is 15.2. The zero-order chi connectivity index (χ0) is 79.5. The van der Waals surface area contributed by atoms with Crippen molar-refractivity contribution in [2.45, 2.75) is 341 Å². The van der Waals surface area contributed by atoms with Crippen LogP contribution in [0.15, 0.2) is 46.6 Å². The van der Waals surface area contributed by atoms with Crippen LogP contribution in [0.25, 0.3) is 0 Å². The van der Waals surface area contributed by atoms with Gasteiger partial charge in [-0.2, -0.15) is 47.0 Å². The van der Waals surface area contributed by atoms with Crippen LogP contribution in [-0.4, -0.2) is 198 Å². The Hall–Kier alpha value is -2.08. The highest BCUT2D eigenvalue weighted by atomic mass is 32.2. The maximum Gasteiger partial charge on any atom is 0.306 e. The molecule has 10 unspecified atom stereocenters. The topological polar surface area (TPSA) is 179 Å². The SMILES string of the molecule is CO[C@@H]1CC(/C=C(\C)C(C)(C)C)CC[C@@H]1SCCCOCC1CCCC(=O)O1.CO[C@@H]1CC(/C=C(\C)C(C)C)CCC1OCCCOCC1CCCC(=O)O1.CO[C@@H]1CC(/C=C(\C)C(C)C)CCC1OCCCSCC1CCCC(=O)O1.CO[C@@H]1CC(/C=C(\C)C(C)C)CC[C@@H]1SCCCSCC1CCCC(=O)O1. The van der Waals surface area contributed by atoms with Crippen molar-refractivity contribution in [3.63, 3.8) is 0 Å². The predicted octanol–water partition coefficient (Wildman–Crippen LogP) is 20.4. The summed E-state index contributed by atoms with van der Waals surface area (Å²) in [6.45, 7) is 33.3. The number of allylic oxidation sites excluding steroid dienone is 8. The molecule has 109 heavy (non-hydrogen) atoms. The first kappa shape index (κ1) is 97.5. The summed E-state index contributed by atoms with van der Waals surface area (Å²) >= 11 is 7.94. The van der Waals surface area contributed by atoms with E-state index in [4.69, 9.17) is 56.8 Å². The summed E-state index contributed by atoms with van der Waals surface area (Å²) in [6, 6.07) is 0. The number of hydrogen-bond donors (Lipinski definition) is 0. The Bertz CT molecular complexity index is 2440. The summed E-state index contributed by atoms with van der Waals surface area (Å²) in [7, 11) is 7.33. The van der Waals surface area contributed by atoms with E-state index in [1.54, 1.807) is 7.11 Å². The van der Waals surface area contributed by atoms with Crippen molar-refractivity contribution in [2.75, 3.05) is 103 Å². The fourth-order valence-corrected chi connectivity index (χ4v) is 20.1. The zero-order valence-electron chi connectivity index (χ0n) is 71.2. The molecule has 4 aliphatic carbocycles. The van der Waals surface area contributed by atoms with E-state index in [0.29, 0.717) is 116 Å². The number of hydrogen-bond acceptors (Lipinski definition) is 20. The molecule has 0 radical (unpaired) electrons. The van der Waals surface area contributed by atoms with Crippen LogP contribution < -0.4 is 0 Å². The second kappa shape index (κ2) is 55.5. The average molecular weight is 1610 g/mol. The van der Waals surface area contributed by atoms with Gasteiger partial charge in [-0.05, 0) is 252 Å². The molecule has 4 saturated carbocycles. The Morgan fingerprint density at radius 1 is 0.394 bits per heavy atom. The molecule has 0 aromatic carbocycles. The largest absolute Gasteiger partial charge is 0.461 e. The van der Waals surface area contributed by atoms with Crippen molar-refractivity contribution in [1.29, 1.82) is 0 Å². The zero-order valence-corrected chi connectivity index (χ0v) is 74.5. The molecule has 0 aromatic heterocycles. The number of thioether (sulfide) groups is 4. The van der Waals surface area contributed by atoms with E-state index in [1.165, 1.54) is 73.0 Å². The van der Waals surface area contributed by atoms with E-state index in [2.05, 4.69) is 126 Å². The molecule has 16 nitrogen and oxygen atoms in total. The summed E-state index contributed by atoms with van der Waals surface area (Å²) in [4.78, 5) is 45.1. The predicted molar refractivity (Wildman–Crippen MR) is 453 cm³/mol. The standard InChI is InChI=1S/C23H40O4S.C22H38O5.C22H38O4S.C22H38O3S2/c1-17(23(2,3)4)14-18-10-11-21(20(15-18)25-5)28-13-7-12-26-16-19-8-6-9-22(24)27-19;1-16(2)17(3)13-18-9-10-20(21(14-18)24-4)26-12-6-11-25-15-19-7-5-8-22(23)27-19;1-16(2)17(3)13-18-9-10-20(21(14-18)24-4)25-11-6-12-27-15-19-7-5-8-22(23)26-19;1-16(2)17(3)13-18-9-10-21(20(14-18)24-4)27-12-6-11-26-15-19-7-5-8-22(23)25-19/h14,18-21H,6-13,15-16H2,1-5H3;3*13,16,18-21H,5-12,14-15H2,1-4H3/b17-14+;3*17-13+/t18?,19?,20-,21+;2*18?,19?,20?,21-;18?,19?,20-,21+/m1111/s1. The fraction of sp³-hybridized carbons (Fsp3) is 0.865. The summed E-state index contributed by atoms with van der Waals surface area (Å²) < 4.78 is 68.0. The van der Waals surface area contributed by atoms with Gasteiger partial charge in [-0.1, -0.05) is 109 Å². The first-order valence-electron chi connectivity index (χ1n) is 42.7. The lowest BCUT2D eigenvalue weighted by molar-refractivity contribution is -0.158. The first-order valence-corrected chi connectivity index (χ1v) is 47.1. The smallest absolute Gasteiger partial charge is 0.306 e. The van der Waals surface area contributed by atoms with Crippen molar-refractivity contribution in [1.82, 2.24) is 0 Å². The Kier molecular flexibility index (Phi) is 49.7. The van der Waals surface area contributed by atoms with Gasteiger partial charge in [-0.25, -0.2) is 0 Å². The van der Waals surface area contributed by atoms with Crippen LogP contribution in [0.1, 0.15) is 270 Å². The maximum atomic E-state index is 11.3. The lowest BCUT2D eigenvalue weighted by Gasteiger charge is -2.35. The summed E-state index contributed by atoms with van der Waals surface area (Å²) in [5.74, 6) is 10.6. The highest BCUT2D eigenvalue weighted by Gasteiger charge is 2.35. The van der Waals surface area contributed by atoms with Crippen LogP contribution in [-0.2, 0) is 76.0 Å². The van der Waals surface area contributed by atoms with Gasteiger partial charge in [0.2, 0.25) is 0 Å². The molecule has 4 saturated heterocycles. The summed E-state index contributed by atoms with van der Waals surface area (Å²) in [6.07, 6.45) is 39.6. The van der Waals surface area contributed by atoms with Gasteiger partial charge in [0.25, 0.3) is 0 Å². The number of ether oxygens (including phenoxy) is 12. The van der Waals surface area contributed by atoms with Crippen molar-refractivity contribution in [3.8, 4) is 0 Å². The minimum absolute atomic E-state index is 0.0120. The molecule has 8 aliphatic rings. The van der Waals surface area contributed by atoms with Crippen molar-refractivity contribution < 1.29 is 76.0 Å². The second-order valence-electron chi connectivity index (χ2n) is 34.1. The van der Waals surface area contributed by atoms with Gasteiger partial charge in [-0.15, -0.1) is 0 Å². The van der Waals surface area contributed by atoms with Crippen LogP contribution >= 0.6 is 47.0 Å². The molecule has 8 rings (SSSR count). The van der Waals surface area contributed by atoms with Crippen molar-refractivity contribution in [3.05, 3.63) is 46.6 Å². The molecule has 4 heterocycles. The highest BCUT2D eigenvalue weighted by Crippen LogP contribution is 2.40. The molecule has 0 spiro atoms. The molecule has 16 atom stereocenters. The van der Waals surface area contributed by atoms with Crippen LogP contribution in [0.5, 0.6) is 0 Å². The number of esters is 4. The number of cyclic esters (lactones) is 4. The van der Waals surface area contributed by atoms with Crippen LogP contribution in [0.2, 0.25) is 0 Å². The van der Waals surface area contributed by atoms with Gasteiger partial charge >= 0.3 is 23.9 Å². The quantitative estimate of drug-likeness (QED) is 0.0245. The first-order chi connectivity index (χ1) is 52.3. The van der Waals surface area contributed by atoms with E-state index in [9.17, 15) is 19.2 Å². The van der Waals surface area contributed by atoms with Crippen LogP contribution in [0, 0.1) is 46.8 Å². The normalized spacial score (nSPS) is 29.8. The minimum Gasteiger partial charge on any atom is -0.461 e. The number of carbonyl (C=O) groups excluding carboxylic acids is 4. The number of carbonyl (C=O) groups is 4. The van der Waals surface area contributed by atoms with Crippen LogP contribution in [0.3, 0.4) is 0 Å². The Morgan fingerprint density at radius 3 is 1.11 bits per heavy atom. The third-order valence-electron chi connectivity index (χ3n) is 23.3. The number of rotatable bonds is 39. The molecule has 20 heteroatoms. The van der Waals surface area contributed by atoms with Gasteiger partial charge in [0.15, 0.2) is 0 Å². The molecule has 8 fully saturated rings. The van der Waals surface area contributed by atoms with Gasteiger partial charge < -0.3 is 56.8 Å². The van der Waals surface area contributed by atoms with E-state index in [0.717, 1.165) is 151 Å². The van der Waals surface area contributed by atoms with Gasteiger partial charge in [0.1, 0.15) is 24.4 Å². The van der Waals surface area contributed by atoms with E-state index >= 15 is 0 Å².